The highest BCUT2D eigenvalue weighted by Crippen LogP contribution is 2.20. The molecular formula is C15H25F2IN6O. The highest BCUT2D eigenvalue weighted by molar-refractivity contribution is 14.0. The summed E-state index contributed by atoms with van der Waals surface area (Å²) in [5.74, 6) is 1.37. The molecule has 2 N–H and O–H groups in total. The number of amides is 1. The minimum Gasteiger partial charge on any atom is -0.359 e. The molecule has 0 aliphatic carbocycles. The van der Waals surface area contributed by atoms with Crippen LogP contribution < -0.4 is 10.6 Å². The molecule has 0 spiro atoms. The van der Waals surface area contributed by atoms with Gasteiger partial charge in [-0.2, -0.15) is 8.78 Å². The van der Waals surface area contributed by atoms with Gasteiger partial charge in [0.1, 0.15) is 5.82 Å². The number of halogens is 3. The summed E-state index contributed by atoms with van der Waals surface area (Å²) in [5.41, 5.74) is 0. The number of aromatic nitrogens is 2. The molecule has 1 fully saturated rings. The Morgan fingerprint density at radius 2 is 2.12 bits per heavy atom. The van der Waals surface area contributed by atoms with Gasteiger partial charge in [0.2, 0.25) is 5.91 Å². The molecule has 0 atom stereocenters. The molecule has 0 radical (unpaired) electrons. The molecule has 142 valence electrons. The zero-order chi connectivity index (χ0) is 17.5. The lowest BCUT2D eigenvalue weighted by Gasteiger charge is -2.34. The van der Waals surface area contributed by atoms with Crippen molar-refractivity contribution in [3.63, 3.8) is 0 Å². The molecule has 0 bridgehead atoms. The van der Waals surface area contributed by atoms with Crippen LogP contribution in [0.5, 0.6) is 0 Å². The molecule has 10 heteroatoms. The van der Waals surface area contributed by atoms with E-state index in [4.69, 9.17) is 0 Å². The third kappa shape index (κ3) is 6.08. The van der Waals surface area contributed by atoms with Crippen molar-refractivity contribution in [2.24, 2.45) is 10.9 Å². The van der Waals surface area contributed by atoms with Crippen molar-refractivity contribution in [1.82, 2.24) is 25.1 Å². The first kappa shape index (κ1) is 21.6. The number of aliphatic imine (C=N–C) groups is 1. The standard InChI is InChI=1S/C15H24F2N6O.HI/c1-18-13(24)9-11-3-6-22(7-4-11)15(19-2)21-10-12-20-5-8-23(12)14(16)17;/h5,8,11,14H,3-4,6-7,9-10H2,1-2H3,(H,18,24)(H,19,21);1H. The van der Waals surface area contributed by atoms with Gasteiger partial charge >= 0.3 is 6.55 Å². The molecule has 0 aromatic carbocycles. The third-order valence-corrected chi connectivity index (χ3v) is 4.24. The van der Waals surface area contributed by atoms with E-state index in [9.17, 15) is 13.6 Å². The second-order valence-electron chi connectivity index (χ2n) is 5.74. The van der Waals surface area contributed by atoms with Crippen molar-refractivity contribution >= 4 is 35.8 Å². The van der Waals surface area contributed by atoms with Crippen LogP contribution in [-0.4, -0.2) is 53.5 Å². The van der Waals surface area contributed by atoms with Crippen LogP contribution in [0, 0.1) is 5.92 Å². The van der Waals surface area contributed by atoms with Crippen molar-refractivity contribution in [2.75, 3.05) is 27.2 Å². The quantitative estimate of drug-likeness (QED) is 0.391. The zero-order valence-corrected chi connectivity index (χ0v) is 16.7. The van der Waals surface area contributed by atoms with Crippen LogP contribution in [0.3, 0.4) is 0 Å². The number of nitrogens with zero attached hydrogens (tertiary/aromatic N) is 4. The summed E-state index contributed by atoms with van der Waals surface area (Å²) >= 11 is 0. The number of hydrogen-bond donors (Lipinski definition) is 2. The fraction of sp³-hybridized carbons (Fsp3) is 0.667. The molecule has 1 saturated heterocycles. The molecule has 1 amide bonds. The van der Waals surface area contributed by atoms with Gasteiger partial charge in [0, 0.05) is 46.0 Å². The van der Waals surface area contributed by atoms with Gasteiger partial charge in [0.05, 0.1) is 6.54 Å². The number of carbonyl (C=O) groups is 1. The predicted octanol–water partition coefficient (Wildman–Crippen LogP) is 1.82. The molecule has 25 heavy (non-hydrogen) atoms. The smallest absolute Gasteiger partial charge is 0.319 e. The van der Waals surface area contributed by atoms with Crippen LogP contribution >= 0.6 is 24.0 Å². The molecule has 1 aromatic heterocycles. The van der Waals surface area contributed by atoms with E-state index in [2.05, 4.69) is 25.5 Å². The van der Waals surface area contributed by atoms with Gasteiger partial charge in [-0.15, -0.1) is 24.0 Å². The highest BCUT2D eigenvalue weighted by atomic mass is 127. The van der Waals surface area contributed by atoms with Gasteiger partial charge in [0.25, 0.3) is 0 Å². The summed E-state index contributed by atoms with van der Waals surface area (Å²) in [6.45, 7) is -0.857. The van der Waals surface area contributed by atoms with Crippen LogP contribution in [0.2, 0.25) is 0 Å². The third-order valence-electron chi connectivity index (χ3n) is 4.24. The van der Waals surface area contributed by atoms with Crippen LogP contribution in [0.4, 0.5) is 8.78 Å². The van der Waals surface area contributed by atoms with Crippen LogP contribution in [0.1, 0.15) is 31.6 Å². The number of hydrogen-bond acceptors (Lipinski definition) is 3. The Morgan fingerprint density at radius 1 is 1.44 bits per heavy atom. The van der Waals surface area contributed by atoms with Crippen molar-refractivity contribution < 1.29 is 13.6 Å². The molecular weight excluding hydrogens is 445 g/mol. The number of nitrogens with one attached hydrogen (secondary N) is 2. The Labute approximate surface area is 163 Å². The second-order valence-corrected chi connectivity index (χ2v) is 5.74. The number of guanidine groups is 1. The Kier molecular flexibility index (Phi) is 9.08. The summed E-state index contributed by atoms with van der Waals surface area (Å²) in [6.07, 6.45) is 4.96. The van der Waals surface area contributed by atoms with Crippen LogP contribution in [0.15, 0.2) is 17.4 Å². The van der Waals surface area contributed by atoms with E-state index in [1.807, 2.05) is 0 Å². The molecule has 0 saturated carbocycles. The van der Waals surface area contributed by atoms with Crippen LogP contribution in [0.25, 0.3) is 0 Å². The largest absolute Gasteiger partial charge is 0.359 e. The number of imidazole rings is 1. The van der Waals surface area contributed by atoms with Gasteiger partial charge in [-0.3, -0.25) is 14.4 Å². The molecule has 1 aromatic rings. The van der Waals surface area contributed by atoms with E-state index in [-0.39, 0.29) is 42.3 Å². The first-order valence-corrected chi connectivity index (χ1v) is 8.01. The van der Waals surface area contributed by atoms with Crippen molar-refractivity contribution in [3.8, 4) is 0 Å². The molecule has 2 heterocycles. The van der Waals surface area contributed by atoms with Crippen molar-refractivity contribution in [3.05, 3.63) is 18.2 Å². The SMILES string of the molecule is CN=C(NCc1nccn1C(F)F)N1CCC(CC(=O)NC)CC1.I. The lowest BCUT2D eigenvalue weighted by atomic mass is 9.93. The highest BCUT2D eigenvalue weighted by Gasteiger charge is 2.23. The van der Waals surface area contributed by atoms with E-state index in [1.54, 1.807) is 14.1 Å². The summed E-state index contributed by atoms with van der Waals surface area (Å²) in [6, 6.07) is 0. The maximum absolute atomic E-state index is 12.8. The molecule has 7 nitrogen and oxygen atoms in total. The van der Waals surface area contributed by atoms with Crippen molar-refractivity contribution in [2.45, 2.75) is 32.4 Å². The summed E-state index contributed by atoms with van der Waals surface area (Å²) in [5, 5.41) is 5.73. The number of alkyl halides is 2. The molecule has 1 aliphatic rings. The van der Waals surface area contributed by atoms with E-state index in [0.717, 1.165) is 30.5 Å². The fourth-order valence-corrected chi connectivity index (χ4v) is 2.86. The van der Waals surface area contributed by atoms with Gasteiger partial charge < -0.3 is 15.5 Å². The summed E-state index contributed by atoms with van der Waals surface area (Å²) in [7, 11) is 3.31. The monoisotopic (exact) mass is 470 g/mol. The van der Waals surface area contributed by atoms with E-state index in [0.29, 0.717) is 18.3 Å². The van der Waals surface area contributed by atoms with Gasteiger partial charge in [0.15, 0.2) is 5.96 Å². The maximum Gasteiger partial charge on any atom is 0.319 e. The van der Waals surface area contributed by atoms with Gasteiger partial charge in [-0.05, 0) is 18.8 Å². The Morgan fingerprint density at radius 3 is 2.68 bits per heavy atom. The zero-order valence-electron chi connectivity index (χ0n) is 14.4. The Bertz CT molecular complexity index is 572. The summed E-state index contributed by atoms with van der Waals surface area (Å²) in [4.78, 5) is 21.7. The maximum atomic E-state index is 12.8. The van der Waals surface area contributed by atoms with E-state index in [1.165, 1.54) is 12.4 Å². The fourth-order valence-electron chi connectivity index (χ4n) is 2.86. The van der Waals surface area contributed by atoms with Gasteiger partial charge in [-0.25, -0.2) is 4.98 Å². The predicted molar refractivity (Wildman–Crippen MR) is 102 cm³/mol. The molecule has 1 aliphatic heterocycles. The first-order chi connectivity index (χ1) is 11.5. The number of likely N-dealkylation sites (tertiary alicyclic amines) is 1. The molecule has 2 rings (SSSR count). The normalized spacial score (nSPS) is 15.9. The molecule has 0 unspecified atom stereocenters. The minimum absolute atomic E-state index is 0. The first-order valence-electron chi connectivity index (χ1n) is 8.01. The summed E-state index contributed by atoms with van der Waals surface area (Å²) < 4.78 is 26.5. The van der Waals surface area contributed by atoms with E-state index >= 15 is 0 Å². The van der Waals surface area contributed by atoms with Gasteiger partial charge in [-0.1, -0.05) is 0 Å². The topological polar surface area (TPSA) is 74.5 Å². The van der Waals surface area contributed by atoms with E-state index < -0.39 is 6.55 Å². The lowest BCUT2D eigenvalue weighted by Crippen LogP contribution is -2.46. The average molecular weight is 470 g/mol. The number of rotatable bonds is 5. The number of carbonyl (C=O) groups excluding carboxylic acids is 1. The number of piperidine rings is 1. The minimum atomic E-state index is -2.60. The van der Waals surface area contributed by atoms with Crippen molar-refractivity contribution in [1.29, 1.82) is 0 Å². The average Bonchev–Trinajstić information content (AvgIpc) is 3.05. The Hall–Kier alpha value is -1.46. The Balaban J connectivity index is 0.00000312. The lowest BCUT2D eigenvalue weighted by molar-refractivity contribution is -0.121. The van der Waals surface area contributed by atoms with Crippen LogP contribution in [-0.2, 0) is 11.3 Å². The second kappa shape index (κ2) is 10.5.